The van der Waals surface area contributed by atoms with Gasteiger partial charge in [0.15, 0.2) is 0 Å². The van der Waals surface area contributed by atoms with Crippen molar-refractivity contribution in [3.63, 3.8) is 0 Å². The molecule has 0 radical (unpaired) electrons. The summed E-state index contributed by atoms with van der Waals surface area (Å²) in [7, 11) is 0. The van der Waals surface area contributed by atoms with Crippen LogP contribution in [0.2, 0.25) is 0 Å². The molecule has 0 bridgehead atoms. The molecule has 1 aromatic heterocycles. The Bertz CT molecular complexity index is 880. The molecule has 4 heteroatoms. The summed E-state index contributed by atoms with van der Waals surface area (Å²) >= 11 is 0. The first-order chi connectivity index (χ1) is 11.7. The molecular weight excluding hydrogens is 300 g/mol. The van der Waals surface area contributed by atoms with Gasteiger partial charge in [0.1, 0.15) is 0 Å². The number of hydrogen-bond acceptors (Lipinski definition) is 3. The predicted octanol–water partition coefficient (Wildman–Crippen LogP) is 2.93. The van der Waals surface area contributed by atoms with Crippen molar-refractivity contribution in [2.45, 2.75) is 12.3 Å². The lowest BCUT2D eigenvalue weighted by Gasteiger charge is -2.34. The first-order valence-corrected chi connectivity index (χ1v) is 7.80. The lowest BCUT2D eigenvalue weighted by molar-refractivity contribution is -0.0573. The molecule has 1 N–H and O–H groups in total. The average Bonchev–Trinajstić information content (AvgIpc) is 2.87. The number of carbonyl (C=O) groups is 1. The zero-order valence-electron chi connectivity index (χ0n) is 13.0. The zero-order valence-corrected chi connectivity index (χ0v) is 13.0. The van der Waals surface area contributed by atoms with Crippen molar-refractivity contribution >= 4 is 5.91 Å². The highest BCUT2D eigenvalue weighted by atomic mass is 16.3. The molecule has 1 aliphatic heterocycles. The van der Waals surface area contributed by atoms with Crippen molar-refractivity contribution in [2.24, 2.45) is 0 Å². The Kier molecular flexibility index (Phi) is 3.40. The smallest absolute Gasteiger partial charge is 0.257 e. The molecule has 2 heterocycles. The fourth-order valence-corrected chi connectivity index (χ4v) is 3.21. The number of fused-ring (bicyclic) bond motifs is 1. The second-order valence-corrected chi connectivity index (χ2v) is 5.81. The standard InChI is InChI=1S/C20H16N2O2/c23-19-16-10-4-5-11-17(16)20(24,18-12-6-7-13-21-18)22(19)14-15-8-2-1-3-9-15/h1-13,24H,14H2. The molecule has 1 atom stereocenters. The average molecular weight is 316 g/mol. The summed E-state index contributed by atoms with van der Waals surface area (Å²) in [5.41, 5.74) is 0.920. The maximum absolute atomic E-state index is 12.9. The van der Waals surface area contributed by atoms with E-state index in [1.165, 1.54) is 4.90 Å². The van der Waals surface area contributed by atoms with Gasteiger partial charge in [-0.2, -0.15) is 0 Å². The van der Waals surface area contributed by atoms with Crippen LogP contribution in [0.5, 0.6) is 0 Å². The number of rotatable bonds is 3. The molecule has 0 saturated heterocycles. The van der Waals surface area contributed by atoms with E-state index in [2.05, 4.69) is 4.98 Å². The molecule has 1 aliphatic rings. The van der Waals surface area contributed by atoms with E-state index in [0.717, 1.165) is 5.56 Å². The van der Waals surface area contributed by atoms with Crippen LogP contribution in [0.4, 0.5) is 0 Å². The van der Waals surface area contributed by atoms with Gasteiger partial charge in [-0.05, 0) is 23.8 Å². The van der Waals surface area contributed by atoms with Crippen molar-refractivity contribution in [1.29, 1.82) is 0 Å². The molecule has 4 rings (SSSR count). The third kappa shape index (κ3) is 2.12. The van der Waals surface area contributed by atoms with Crippen LogP contribution >= 0.6 is 0 Å². The Morgan fingerprint density at radius 1 is 0.917 bits per heavy atom. The SMILES string of the molecule is O=C1c2ccccc2C(O)(c2ccccn2)N1Cc1ccccc1. The Balaban J connectivity index is 1.87. The Morgan fingerprint density at radius 3 is 2.38 bits per heavy atom. The van der Waals surface area contributed by atoms with Gasteiger partial charge < -0.3 is 5.11 Å². The monoisotopic (exact) mass is 316 g/mol. The van der Waals surface area contributed by atoms with E-state index in [9.17, 15) is 9.90 Å². The highest BCUT2D eigenvalue weighted by molar-refractivity contribution is 6.00. The molecule has 0 fully saturated rings. The Hall–Kier alpha value is -2.98. The van der Waals surface area contributed by atoms with Crippen molar-refractivity contribution in [3.8, 4) is 0 Å². The van der Waals surface area contributed by atoms with Gasteiger partial charge in [0, 0.05) is 23.9 Å². The summed E-state index contributed by atoms with van der Waals surface area (Å²) in [6, 6.07) is 22.2. The molecule has 1 amide bonds. The van der Waals surface area contributed by atoms with Gasteiger partial charge in [0.05, 0.1) is 5.69 Å². The molecule has 0 saturated carbocycles. The number of carbonyl (C=O) groups excluding carboxylic acids is 1. The fourth-order valence-electron chi connectivity index (χ4n) is 3.21. The lowest BCUT2D eigenvalue weighted by atomic mass is 9.97. The molecule has 1 unspecified atom stereocenters. The van der Waals surface area contributed by atoms with E-state index in [0.29, 0.717) is 23.4 Å². The molecule has 0 spiro atoms. The summed E-state index contributed by atoms with van der Waals surface area (Å²) in [4.78, 5) is 18.7. The Morgan fingerprint density at radius 2 is 1.62 bits per heavy atom. The van der Waals surface area contributed by atoms with Crippen molar-refractivity contribution in [1.82, 2.24) is 9.88 Å². The van der Waals surface area contributed by atoms with E-state index < -0.39 is 5.72 Å². The number of benzene rings is 2. The van der Waals surface area contributed by atoms with E-state index in [1.54, 1.807) is 30.5 Å². The van der Waals surface area contributed by atoms with E-state index in [-0.39, 0.29) is 5.91 Å². The topological polar surface area (TPSA) is 53.4 Å². The molecule has 118 valence electrons. The third-order valence-corrected chi connectivity index (χ3v) is 4.37. The summed E-state index contributed by atoms with van der Waals surface area (Å²) in [5.74, 6) is -0.192. The van der Waals surface area contributed by atoms with Crippen LogP contribution in [0.25, 0.3) is 0 Å². The minimum atomic E-state index is -1.56. The molecule has 2 aromatic carbocycles. The number of aliphatic hydroxyl groups is 1. The summed E-state index contributed by atoms with van der Waals surface area (Å²) in [5, 5.41) is 11.5. The van der Waals surface area contributed by atoms with Gasteiger partial charge in [-0.1, -0.05) is 54.6 Å². The third-order valence-electron chi connectivity index (χ3n) is 4.37. The molecule has 3 aromatic rings. The van der Waals surface area contributed by atoms with Gasteiger partial charge in [0.25, 0.3) is 5.91 Å². The first-order valence-electron chi connectivity index (χ1n) is 7.80. The minimum absolute atomic E-state index is 0.192. The Labute approximate surface area is 140 Å². The summed E-state index contributed by atoms with van der Waals surface area (Å²) in [6.07, 6.45) is 1.62. The van der Waals surface area contributed by atoms with Crippen molar-refractivity contribution < 1.29 is 9.90 Å². The highest BCUT2D eigenvalue weighted by Gasteiger charge is 2.50. The van der Waals surface area contributed by atoms with E-state index in [1.807, 2.05) is 48.5 Å². The van der Waals surface area contributed by atoms with Crippen LogP contribution in [-0.4, -0.2) is 20.9 Å². The summed E-state index contributed by atoms with van der Waals surface area (Å²) in [6.45, 7) is 0.307. The number of nitrogens with zero attached hydrogens (tertiary/aromatic N) is 2. The number of amides is 1. The highest BCUT2D eigenvalue weighted by Crippen LogP contribution is 2.42. The van der Waals surface area contributed by atoms with Crippen LogP contribution in [0.15, 0.2) is 79.0 Å². The van der Waals surface area contributed by atoms with Crippen LogP contribution in [0, 0.1) is 0 Å². The van der Waals surface area contributed by atoms with Crippen molar-refractivity contribution in [3.05, 3.63) is 101 Å². The largest absolute Gasteiger partial charge is 0.362 e. The predicted molar refractivity (Wildman–Crippen MR) is 90.0 cm³/mol. The maximum Gasteiger partial charge on any atom is 0.257 e. The minimum Gasteiger partial charge on any atom is -0.362 e. The van der Waals surface area contributed by atoms with Gasteiger partial charge >= 0.3 is 0 Å². The van der Waals surface area contributed by atoms with E-state index in [4.69, 9.17) is 0 Å². The molecule has 4 nitrogen and oxygen atoms in total. The van der Waals surface area contributed by atoms with Gasteiger partial charge in [-0.25, -0.2) is 0 Å². The molecular formula is C20H16N2O2. The molecule has 24 heavy (non-hydrogen) atoms. The maximum atomic E-state index is 12.9. The quantitative estimate of drug-likeness (QED) is 0.808. The second kappa shape index (κ2) is 5.58. The van der Waals surface area contributed by atoms with Crippen molar-refractivity contribution in [2.75, 3.05) is 0 Å². The van der Waals surface area contributed by atoms with Gasteiger partial charge in [0.2, 0.25) is 5.72 Å². The van der Waals surface area contributed by atoms with Crippen LogP contribution in [0.3, 0.4) is 0 Å². The number of hydrogen-bond donors (Lipinski definition) is 1. The summed E-state index contributed by atoms with van der Waals surface area (Å²) < 4.78 is 0. The van der Waals surface area contributed by atoms with E-state index >= 15 is 0 Å². The van der Waals surface area contributed by atoms with Gasteiger partial charge in [-0.15, -0.1) is 0 Å². The van der Waals surface area contributed by atoms with Crippen LogP contribution in [0.1, 0.15) is 27.2 Å². The number of aromatic nitrogens is 1. The molecule has 0 aliphatic carbocycles. The second-order valence-electron chi connectivity index (χ2n) is 5.81. The van der Waals surface area contributed by atoms with Gasteiger partial charge in [-0.3, -0.25) is 14.7 Å². The van der Waals surface area contributed by atoms with Crippen LogP contribution in [-0.2, 0) is 12.3 Å². The normalized spacial score (nSPS) is 19.4. The lowest BCUT2D eigenvalue weighted by Crippen LogP contribution is -2.44. The number of pyridine rings is 1. The van der Waals surface area contributed by atoms with Crippen LogP contribution < -0.4 is 0 Å². The first kappa shape index (κ1) is 14.6. The zero-order chi connectivity index (χ0) is 16.6. The fraction of sp³-hybridized carbons (Fsp3) is 0.100.